The predicted molar refractivity (Wildman–Crippen MR) is 127 cm³/mol. The number of hydrogen-bond acceptors (Lipinski definition) is 7. The second-order valence-electron chi connectivity index (χ2n) is 6.68. The molecule has 6 nitrogen and oxygen atoms in total. The van der Waals surface area contributed by atoms with E-state index in [1.165, 1.54) is 4.90 Å². The van der Waals surface area contributed by atoms with Crippen molar-refractivity contribution in [2.45, 2.75) is 24.0 Å². The Morgan fingerprint density at radius 2 is 2.03 bits per heavy atom. The Labute approximate surface area is 199 Å². The summed E-state index contributed by atoms with van der Waals surface area (Å²) < 4.78 is 5.21. The van der Waals surface area contributed by atoms with E-state index in [4.69, 9.17) is 21.6 Å². The predicted octanol–water partition coefficient (Wildman–Crippen LogP) is 5.50. The fourth-order valence-corrected chi connectivity index (χ4v) is 4.50. The van der Waals surface area contributed by atoms with Gasteiger partial charge in [0.05, 0.1) is 28.8 Å². The summed E-state index contributed by atoms with van der Waals surface area (Å²) in [5, 5.41) is 12.4. The summed E-state index contributed by atoms with van der Waals surface area (Å²) in [5.41, 5.74) is 1.93. The summed E-state index contributed by atoms with van der Waals surface area (Å²) in [7, 11) is 0. The van der Waals surface area contributed by atoms with E-state index < -0.39 is 18.5 Å². The van der Waals surface area contributed by atoms with E-state index in [0.717, 1.165) is 21.3 Å². The Hall–Kier alpha value is -2.86. The molecule has 0 unspecified atom stereocenters. The highest BCUT2D eigenvalue weighted by Crippen LogP contribution is 2.24. The van der Waals surface area contributed by atoms with E-state index in [9.17, 15) is 9.59 Å². The number of amides is 1. The number of thiazole rings is 1. The van der Waals surface area contributed by atoms with E-state index in [0.29, 0.717) is 16.3 Å². The average Bonchev–Trinajstić information content (AvgIpc) is 3.22. The highest BCUT2D eigenvalue weighted by Gasteiger charge is 2.18. The van der Waals surface area contributed by atoms with Gasteiger partial charge in [-0.15, -0.1) is 23.1 Å². The van der Waals surface area contributed by atoms with Gasteiger partial charge in [0, 0.05) is 33.3 Å². The van der Waals surface area contributed by atoms with Crippen LogP contribution in [0.4, 0.5) is 5.69 Å². The van der Waals surface area contributed by atoms with Gasteiger partial charge < -0.3 is 9.64 Å². The van der Waals surface area contributed by atoms with E-state index in [-0.39, 0.29) is 13.0 Å². The quantitative estimate of drug-likeness (QED) is 0.294. The third-order valence-corrected chi connectivity index (χ3v) is 6.44. The molecule has 32 heavy (non-hydrogen) atoms. The molecule has 2 aromatic carbocycles. The van der Waals surface area contributed by atoms with Crippen LogP contribution in [-0.4, -0.2) is 30.0 Å². The van der Waals surface area contributed by atoms with Gasteiger partial charge >= 0.3 is 5.97 Å². The second-order valence-corrected chi connectivity index (χ2v) is 9.23. The summed E-state index contributed by atoms with van der Waals surface area (Å²) in [6.45, 7) is 1.72. The van der Waals surface area contributed by atoms with E-state index in [1.54, 1.807) is 59.5 Å². The molecule has 0 spiro atoms. The van der Waals surface area contributed by atoms with Gasteiger partial charge in [-0.05, 0) is 49.4 Å². The molecule has 3 rings (SSSR count). The highest BCUT2D eigenvalue weighted by atomic mass is 35.5. The summed E-state index contributed by atoms with van der Waals surface area (Å²) in [5.74, 6) is -0.261. The van der Waals surface area contributed by atoms with Crippen LogP contribution in [0.5, 0.6) is 0 Å². The molecule has 0 saturated carbocycles. The van der Waals surface area contributed by atoms with E-state index in [2.05, 4.69) is 4.98 Å². The topological polar surface area (TPSA) is 83.3 Å². The zero-order chi connectivity index (χ0) is 22.9. The molecular formula is C23H20ClN3O3S2. The van der Waals surface area contributed by atoms with Crippen LogP contribution in [0.1, 0.15) is 27.5 Å². The molecule has 0 bridgehead atoms. The van der Waals surface area contributed by atoms with Gasteiger partial charge in [-0.25, -0.2) is 9.78 Å². The minimum Gasteiger partial charge on any atom is -0.452 e. The van der Waals surface area contributed by atoms with Crippen LogP contribution in [0.2, 0.25) is 5.02 Å². The highest BCUT2D eigenvalue weighted by molar-refractivity contribution is 7.98. The van der Waals surface area contributed by atoms with Gasteiger partial charge in [0.25, 0.3) is 5.91 Å². The molecular weight excluding hydrogens is 466 g/mol. The average molecular weight is 486 g/mol. The molecule has 1 heterocycles. The minimum absolute atomic E-state index is 0.145. The first kappa shape index (κ1) is 23.8. The zero-order valence-corrected chi connectivity index (χ0v) is 19.7. The molecule has 1 aromatic heterocycles. The lowest BCUT2D eigenvalue weighted by Crippen LogP contribution is -2.35. The monoisotopic (exact) mass is 485 g/mol. The number of benzene rings is 2. The van der Waals surface area contributed by atoms with Gasteiger partial charge in [-0.1, -0.05) is 17.7 Å². The maximum Gasteiger partial charge on any atom is 0.338 e. The molecule has 0 radical (unpaired) electrons. The molecule has 3 aromatic rings. The molecule has 0 aliphatic rings. The van der Waals surface area contributed by atoms with Crippen LogP contribution in [-0.2, 0) is 15.3 Å². The Morgan fingerprint density at radius 1 is 1.25 bits per heavy atom. The van der Waals surface area contributed by atoms with Crippen molar-refractivity contribution in [2.75, 3.05) is 18.1 Å². The third kappa shape index (κ3) is 6.82. The molecule has 1 amide bonds. The van der Waals surface area contributed by atoms with Gasteiger partial charge in [-0.2, -0.15) is 5.26 Å². The molecule has 0 atom stereocenters. The number of esters is 1. The number of hydrogen-bond donors (Lipinski definition) is 0. The number of halogens is 1. The van der Waals surface area contributed by atoms with Crippen LogP contribution in [0.3, 0.4) is 0 Å². The van der Waals surface area contributed by atoms with E-state index in [1.807, 2.05) is 30.5 Å². The Morgan fingerprint density at radius 3 is 2.69 bits per heavy atom. The van der Waals surface area contributed by atoms with Crippen LogP contribution < -0.4 is 4.90 Å². The standard InChI is InChI=1S/C23H20ClN3O3S2/c1-16-26-19(14-31-16)15-32-21-8-6-17(7-9-21)23(29)30-13-22(28)27(11-3-10-25)20-5-2-4-18(24)12-20/h2,4-9,12,14H,3,11,13,15H2,1H3. The van der Waals surface area contributed by atoms with E-state index >= 15 is 0 Å². The Kier molecular flexibility index (Phi) is 8.68. The van der Waals surface area contributed by atoms with Crippen molar-refractivity contribution in [3.05, 3.63) is 75.2 Å². The molecule has 0 aliphatic heterocycles. The van der Waals surface area contributed by atoms with Gasteiger partial charge in [0.1, 0.15) is 0 Å². The fourth-order valence-electron chi connectivity index (χ4n) is 2.81. The van der Waals surface area contributed by atoms with Crippen LogP contribution in [0.25, 0.3) is 0 Å². The number of thioether (sulfide) groups is 1. The maximum absolute atomic E-state index is 12.7. The number of ether oxygens (including phenoxy) is 1. The summed E-state index contributed by atoms with van der Waals surface area (Å²) >= 11 is 9.26. The number of carbonyl (C=O) groups excluding carboxylic acids is 2. The first-order valence-electron chi connectivity index (χ1n) is 9.70. The number of aryl methyl sites for hydroxylation is 1. The van der Waals surface area contributed by atoms with Gasteiger partial charge in [0.15, 0.2) is 6.61 Å². The van der Waals surface area contributed by atoms with Crippen molar-refractivity contribution in [1.82, 2.24) is 4.98 Å². The van der Waals surface area contributed by atoms with Gasteiger partial charge in [0.2, 0.25) is 0 Å². The van der Waals surface area contributed by atoms with Crippen molar-refractivity contribution in [3.63, 3.8) is 0 Å². The number of aromatic nitrogens is 1. The summed E-state index contributed by atoms with van der Waals surface area (Å²) in [4.78, 5) is 31.9. The SMILES string of the molecule is Cc1nc(CSc2ccc(C(=O)OCC(=O)N(CCC#N)c3cccc(Cl)c3)cc2)cs1. The van der Waals surface area contributed by atoms with Crippen molar-refractivity contribution < 1.29 is 14.3 Å². The van der Waals surface area contributed by atoms with Crippen molar-refractivity contribution in [2.24, 2.45) is 0 Å². The number of nitrogens with zero attached hydrogens (tertiary/aromatic N) is 3. The number of rotatable bonds is 9. The molecule has 0 saturated heterocycles. The smallest absolute Gasteiger partial charge is 0.338 e. The largest absolute Gasteiger partial charge is 0.452 e. The normalized spacial score (nSPS) is 10.4. The Balaban J connectivity index is 1.56. The minimum atomic E-state index is -0.587. The Bertz CT molecular complexity index is 1130. The van der Waals surface area contributed by atoms with Crippen LogP contribution >= 0.6 is 34.7 Å². The lowest BCUT2D eigenvalue weighted by molar-refractivity contribution is -0.121. The van der Waals surface area contributed by atoms with Gasteiger partial charge in [-0.3, -0.25) is 4.79 Å². The van der Waals surface area contributed by atoms with Crippen molar-refractivity contribution in [3.8, 4) is 6.07 Å². The maximum atomic E-state index is 12.7. The third-order valence-electron chi connectivity index (χ3n) is 4.34. The molecule has 0 fully saturated rings. The zero-order valence-electron chi connectivity index (χ0n) is 17.3. The fraction of sp³-hybridized carbons (Fsp3) is 0.217. The summed E-state index contributed by atoms with van der Waals surface area (Å²) in [6, 6.07) is 15.8. The van der Waals surface area contributed by atoms with Crippen LogP contribution in [0.15, 0.2) is 58.8 Å². The van der Waals surface area contributed by atoms with Crippen molar-refractivity contribution in [1.29, 1.82) is 5.26 Å². The molecule has 9 heteroatoms. The molecule has 0 aliphatic carbocycles. The first-order chi connectivity index (χ1) is 15.5. The lowest BCUT2D eigenvalue weighted by Gasteiger charge is -2.21. The van der Waals surface area contributed by atoms with Crippen molar-refractivity contribution >= 4 is 52.3 Å². The first-order valence-corrected chi connectivity index (χ1v) is 11.9. The summed E-state index contributed by atoms with van der Waals surface area (Å²) in [6.07, 6.45) is 0.145. The molecule has 0 N–H and O–H groups in total. The number of nitriles is 1. The molecule has 164 valence electrons. The lowest BCUT2D eigenvalue weighted by atomic mass is 10.2. The second kappa shape index (κ2) is 11.7. The number of carbonyl (C=O) groups is 2. The number of anilines is 1. The van der Waals surface area contributed by atoms with Crippen LogP contribution in [0, 0.1) is 18.3 Å².